The summed E-state index contributed by atoms with van der Waals surface area (Å²) >= 11 is 14.1. The van der Waals surface area contributed by atoms with Crippen molar-refractivity contribution in [2.45, 2.75) is 42.5 Å². The lowest BCUT2D eigenvalue weighted by Crippen LogP contribution is -2.59. The lowest BCUT2D eigenvalue weighted by molar-refractivity contribution is -0.138. The molecule has 2 heterocycles. The molecule has 0 aliphatic carbocycles. The van der Waals surface area contributed by atoms with E-state index in [-0.39, 0.29) is 18.4 Å². The second-order valence-corrected chi connectivity index (χ2v) is 14.8. The third-order valence-corrected chi connectivity index (χ3v) is 11.5. The third kappa shape index (κ3) is 7.22. The molecule has 1 aromatic heterocycles. The zero-order chi connectivity index (χ0) is 35.4. The number of nitrogens with one attached hydrogen (secondary N) is 1. The van der Waals surface area contributed by atoms with Gasteiger partial charge in [0.1, 0.15) is 4.75 Å². The molecule has 3 amide bonds. The predicted molar refractivity (Wildman–Crippen MR) is 203 cm³/mol. The maximum absolute atomic E-state index is 15.4. The van der Waals surface area contributed by atoms with Crippen LogP contribution in [0.2, 0.25) is 10.0 Å². The number of hydrogen-bond donors (Lipinski definition) is 2. The largest absolute Gasteiger partial charge is 0.398 e. The molecule has 0 radical (unpaired) electrons. The number of aromatic amines is 1. The van der Waals surface area contributed by atoms with Crippen molar-refractivity contribution in [2.75, 3.05) is 31.9 Å². The molecule has 0 bridgehead atoms. The fraction of sp³-hybridized carbons (Fsp3) is 0.256. The molecule has 1 aliphatic heterocycles. The van der Waals surface area contributed by atoms with E-state index in [2.05, 4.69) is 4.98 Å². The zero-order valence-corrected chi connectivity index (χ0v) is 30.3. The van der Waals surface area contributed by atoms with Gasteiger partial charge in [-0.05, 0) is 67.4 Å². The van der Waals surface area contributed by atoms with Crippen LogP contribution in [0.4, 0.5) is 5.69 Å². The first-order valence-corrected chi connectivity index (χ1v) is 18.1. The van der Waals surface area contributed by atoms with Gasteiger partial charge in [-0.15, -0.1) is 11.8 Å². The topological polar surface area (TPSA) is 103 Å². The molecular formula is C39H39Cl2N5O3S. The lowest BCUT2D eigenvalue weighted by Gasteiger charge is -2.47. The number of H-pyrrole nitrogens is 1. The highest BCUT2D eigenvalue weighted by Gasteiger charge is 2.51. The van der Waals surface area contributed by atoms with E-state index >= 15 is 4.79 Å². The first-order chi connectivity index (χ1) is 24.1. The van der Waals surface area contributed by atoms with Crippen LogP contribution >= 0.6 is 35.0 Å². The molecule has 50 heavy (non-hydrogen) atoms. The van der Waals surface area contributed by atoms with Gasteiger partial charge >= 0.3 is 0 Å². The van der Waals surface area contributed by atoms with Crippen molar-refractivity contribution in [2.24, 2.45) is 0 Å². The van der Waals surface area contributed by atoms with E-state index in [1.165, 1.54) is 11.8 Å². The van der Waals surface area contributed by atoms with E-state index in [1.807, 2.05) is 79.5 Å². The number of aromatic nitrogens is 1. The summed E-state index contributed by atoms with van der Waals surface area (Å²) in [6.45, 7) is 5.65. The Labute approximate surface area is 306 Å². The quantitative estimate of drug-likeness (QED) is 0.0816. The summed E-state index contributed by atoms with van der Waals surface area (Å²) < 4.78 is -1.17. The molecule has 258 valence electrons. The van der Waals surface area contributed by atoms with Gasteiger partial charge in [0.25, 0.3) is 5.91 Å². The van der Waals surface area contributed by atoms with E-state index in [9.17, 15) is 9.59 Å². The number of para-hydroxylation sites is 1. The van der Waals surface area contributed by atoms with Crippen LogP contribution in [0.15, 0.2) is 102 Å². The van der Waals surface area contributed by atoms with Gasteiger partial charge in [0.15, 0.2) is 0 Å². The van der Waals surface area contributed by atoms with E-state index < -0.39 is 10.8 Å². The van der Waals surface area contributed by atoms with Crippen LogP contribution in [-0.4, -0.2) is 68.8 Å². The molecule has 1 aliphatic rings. The summed E-state index contributed by atoms with van der Waals surface area (Å²) in [5.74, 6) is -0.260. The Morgan fingerprint density at radius 3 is 2.26 bits per heavy atom. The summed E-state index contributed by atoms with van der Waals surface area (Å²) in [6.07, 6.45) is 3.13. The van der Waals surface area contributed by atoms with Crippen molar-refractivity contribution in [1.82, 2.24) is 19.7 Å². The van der Waals surface area contributed by atoms with Crippen molar-refractivity contribution in [3.05, 3.63) is 129 Å². The number of nitrogens with zero attached hydrogens (tertiary/aromatic N) is 3. The second kappa shape index (κ2) is 15.2. The van der Waals surface area contributed by atoms with Crippen LogP contribution in [0.5, 0.6) is 0 Å². The van der Waals surface area contributed by atoms with Gasteiger partial charge in [-0.2, -0.15) is 0 Å². The molecule has 1 fully saturated rings. The standard InChI is InChI=1S/C39H39Cl2N5O3S/c1-3-39(50-30-15-8-26(2)9-16-30,38(49)45-20-18-44(19-21-45)37(48)32-6-4-5-7-34(32)42)36(33-23-43-35-22-29(41)14-17-31(33)35)46(25-47)24-27-10-12-28(40)13-11-27/h4-17,22-23,25,36,43H,3,18-21,24,42H2,1-2H3. The molecule has 0 spiro atoms. The SMILES string of the molecule is CCC(Sc1ccc(C)cc1)(C(=O)N1CCN(C(=O)c2ccccc2N)CC1)C(c1c[nH]c2cc(Cl)ccc12)N(C=O)Cc1ccc(Cl)cc1. The van der Waals surface area contributed by atoms with E-state index in [0.29, 0.717) is 53.9 Å². The van der Waals surface area contributed by atoms with Gasteiger partial charge < -0.3 is 25.4 Å². The summed E-state index contributed by atoms with van der Waals surface area (Å²) in [4.78, 5) is 51.7. The number of nitrogens with two attached hydrogens (primary N) is 1. The van der Waals surface area contributed by atoms with Crippen LogP contribution in [0.25, 0.3) is 10.9 Å². The molecular weight excluding hydrogens is 689 g/mol. The van der Waals surface area contributed by atoms with E-state index in [0.717, 1.165) is 38.9 Å². The number of thioether (sulfide) groups is 1. The summed E-state index contributed by atoms with van der Waals surface area (Å²) in [5, 5.41) is 2.04. The second-order valence-electron chi connectivity index (χ2n) is 12.6. The van der Waals surface area contributed by atoms with Crippen LogP contribution in [0.3, 0.4) is 0 Å². The Kier molecular flexibility index (Phi) is 10.8. The first-order valence-electron chi connectivity index (χ1n) is 16.5. The lowest BCUT2D eigenvalue weighted by atomic mass is 9.86. The minimum absolute atomic E-state index is 0.104. The average molecular weight is 729 g/mol. The number of rotatable bonds is 11. The monoisotopic (exact) mass is 727 g/mol. The zero-order valence-electron chi connectivity index (χ0n) is 27.9. The highest BCUT2D eigenvalue weighted by atomic mass is 35.5. The summed E-state index contributed by atoms with van der Waals surface area (Å²) in [7, 11) is 0. The Morgan fingerprint density at radius 2 is 1.60 bits per heavy atom. The Bertz CT molecular complexity index is 1990. The molecule has 5 aromatic rings. The highest BCUT2D eigenvalue weighted by molar-refractivity contribution is 8.01. The molecule has 2 unspecified atom stereocenters. The van der Waals surface area contributed by atoms with Crippen molar-refractivity contribution in [1.29, 1.82) is 0 Å². The number of piperazine rings is 1. The fourth-order valence-electron chi connectivity index (χ4n) is 6.73. The molecule has 0 saturated carbocycles. The van der Waals surface area contributed by atoms with Crippen molar-refractivity contribution in [3.8, 4) is 0 Å². The Morgan fingerprint density at radius 1 is 0.940 bits per heavy atom. The molecule has 4 aromatic carbocycles. The summed E-state index contributed by atoms with van der Waals surface area (Å²) in [5.41, 5.74) is 10.6. The minimum Gasteiger partial charge on any atom is -0.398 e. The molecule has 2 atom stereocenters. The van der Waals surface area contributed by atoms with Gasteiger partial charge in [-0.3, -0.25) is 14.4 Å². The Hall–Kier alpha value is -4.44. The number of amides is 3. The number of fused-ring (bicyclic) bond motifs is 1. The van der Waals surface area contributed by atoms with Crippen molar-refractivity contribution < 1.29 is 14.4 Å². The number of benzene rings is 4. The maximum Gasteiger partial charge on any atom is 0.256 e. The van der Waals surface area contributed by atoms with Gasteiger partial charge in [-0.1, -0.05) is 78.2 Å². The molecule has 1 saturated heterocycles. The van der Waals surface area contributed by atoms with Gasteiger partial charge in [0.2, 0.25) is 12.3 Å². The van der Waals surface area contributed by atoms with Crippen LogP contribution in [0, 0.1) is 6.92 Å². The van der Waals surface area contributed by atoms with Crippen LogP contribution in [0.1, 0.15) is 46.4 Å². The minimum atomic E-state index is -1.17. The number of halogens is 2. The first kappa shape index (κ1) is 35.4. The molecule has 11 heteroatoms. The van der Waals surface area contributed by atoms with Crippen molar-refractivity contribution >= 4 is 69.8 Å². The van der Waals surface area contributed by atoms with Crippen LogP contribution < -0.4 is 5.73 Å². The van der Waals surface area contributed by atoms with E-state index in [4.69, 9.17) is 28.9 Å². The number of anilines is 1. The molecule has 3 N–H and O–H groups in total. The number of nitrogen functional groups attached to an aromatic ring is 1. The smallest absolute Gasteiger partial charge is 0.256 e. The number of carbonyl (C=O) groups excluding carboxylic acids is 3. The Balaban J connectivity index is 1.44. The number of hydrogen-bond acceptors (Lipinski definition) is 5. The average Bonchev–Trinajstić information content (AvgIpc) is 3.54. The van der Waals surface area contributed by atoms with Crippen molar-refractivity contribution in [3.63, 3.8) is 0 Å². The van der Waals surface area contributed by atoms with E-state index in [1.54, 1.807) is 46.2 Å². The summed E-state index contributed by atoms with van der Waals surface area (Å²) in [6, 6.07) is 27.4. The number of carbonyl (C=O) groups is 3. The van der Waals surface area contributed by atoms with Gasteiger partial charge in [-0.25, -0.2) is 0 Å². The predicted octanol–water partition coefficient (Wildman–Crippen LogP) is 7.99. The molecule has 6 rings (SSSR count). The fourth-order valence-corrected chi connectivity index (χ4v) is 8.45. The third-order valence-electron chi connectivity index (χ3n) is 9.41. The highest BCUT2D eigenvalue weighted by Crippen LogP contribution is 2.50. The normalized spacial score (nSPS) is 15.0. The van der Waals surface area contributed by atoms with Gasteiger partial charge in [0.05, 0.1) is 11.6 Å². The molecule has 8 nitrogen and oxygen atoms in total. The van der Waals surface area contributed by atoms with Crippen LogP contribution in [-0.2, 0) is 16.1 Å². The van der Waals surface area contributed by atoms with Gasteiger partial charge in [0, 0.05) is 76.0 Å². The maximum atomic E-state index is 15.4. The number of aryl methyl sites for hydroxylation is 1.